The van der Waals surface area contributed by atoms with E-state index in [4.69, 9.17) is 16.6 Å². The first-order valence-corrected chi connectivity index (χ1v) is 9.44. The van der Waals surface area contributed by atoms with Crippen molar-refractivity contribution in [2.75, 3.05) is 11.2 Å². The number of alkyl halides is 1. The Morgan fingerprint density at radius 1 is 1.11 bits per heavy atom. The molecule has 0 bridgehead atoms. The van der Waals surface area contributed by atoms with Crippen LogP contribution in [0.5, 0.6) is 0 Å². The Labute approximate surface area is 163 Å². The summed E-state index contributed by atoms with van der Waals surface area (Å²) in [4.78, 5) is 4.73. The van der Waals surface area contributed by atoms with Crippen molar-refractivity contribution in [3.63, 3.8) is 0 Å². The standard InChI is InChI=1S/C22H19ClN4/c1-15-17(11-12-23)21(25-14-16-7-3-2-4-8-16)27-20-10-6-5-9-19(20)26-22(27)18(15)13-24/h2-10,25H,11-12,14H2,1H3. The van der Waals surface area contributed by atoms with Crippen molar-refractivity contribution in [1.82, 2.24) is 9.38 Å². The molecule has 4 aromatic rings. The van der Waals surface area contributed by atoms with Gasteiger partial charge in [-0.15, -0.1) is 11.6 Å². The lowest BCUT2D eigenvalue weighted by atomic mass is 10.0. The number of para-hydroxylation sites is 2. The number of hydrogen-bond donors (Lipinski definition) is 1. The number of fused-ring (bicyclic) bond motifs is 3. The Morgan fingerprint density at radius 2 is 1.85 bits per heavy atom. The number of aromatic nitrogens is 2. The lowest BCUT2D eigenvalue weighted by Crippen LogP contribution is -2.11. The lowest BCUT2D eigenvalue weighted by Gasteiger charge is -2.18. The molecule has 1 N–H and O–H groups in total. The number of benzene rings is 2. The second-order valence-corrected chi connectivity index (χ2v) is 6.85. The summed E-state index contributed by atoms with van der Waals surface area (Å²) in [5.41, 5.74) is 6.34. The van der Waals surface area contributed by atoms with Gasteiger partial charge < -0.3 is 5.32 Å². The number of nitrogens with zero attached hydrogens (tertiary/aromatic N) is 3. The highest BCUT2D eigenvalue weighted by atomic mass is 35.5. The van der Waals surface area contributed by atoms with E-state index in [2.05, 4.69) is 27.9 Å². The predicted octanol–water partition coefficient (Wildman–Crippen LogP) is 5.06. The Morgan fingerprint density at radius 3 is 2.59 bits per heavy atom. The van der Waals surface area contributed by atoms with E-state index in [1.54, 1.807) is 0 Å². The quantitative estimate of drug-likeness (QED) is 0.497. The number of halogens is 1. The molecule has 2 heterocycles. The van der Waals surface area contributed by atoms with Gasteiger partial charge in [-0.1, -0.05) is 42.5 Å². The SMILES string of the molecule is Cc1c(CCCl)c(NCc2ccccc2)n2c(nc3ccccc32)c1C#N. The third-order valence-electron chi connectivity index (χ3n) is 4.88. The van der Waals surface area contributed by atoms with Crippen molar-refractivity contribution in [1.29, 1.82) is 5.26 Å². The van der Waals surface area contributed by atoms with Gasteiger partial charge in [-0.05, 0) is 42.2 Å². The summed E-state index contributed by atoms with van der Waals surface area (Å²) in [6.07, 6.45) is 0.682. The molecule has 5 heteroatoms. The molecule has 0 aliphatic rings. The van der Waals surface area contributed by atoms with Crippen LogP contribution in [-0.2, 0) is 13.0 Å². The lowest BCUT2D eigenvalue weighted by molar-refractivity contribution is 1.02. The highest BCUT2D eigenvalue weighted by molar-refractivity contribution is 6.18. The average Bonchev–Trinajstić information content (AvgIpc) is 3.08. The normalized spacial score (nSPS) is 11.0. The van der Waals surface area contributed by atoms with E-state index in [0.717, 1.165) is 28.0 Å². The Balaban J connectivity index is 1.98. The minimum atomic E-state index is 0.490. The van der Waals surface area contributed by atoms with Gasteiger partial charge in [0.25, 0.3) is 0 Å². The molecule has 27 heavy (non-hydrogen) atoms. The van der Waals surface area contributed by atoms with E-state index < -0.39 is 0 Å². The fourth-order valence-corrected chi connectivity index (χ4v) is 3.74. The molecule has 4 rings (SSSR count). The van der Waals surface area contributed by atoms with Gasteiger partial charge in [-0.3, -0.25) is 4.40 Å². The first-order chi connectivity index (χ1) is 13.2. The van der Waals surface area contributed by atoms with Gasteiger partial charge in [0.15, 0.2) is 5.65 Å². The second kappa shape index (κ2) is 7.30. The molecule has 0 saturated carbocycles. The molecular formula is C22H19ClN4. The summed E-state index contributed by atoms with van der Waals surface area (Å²) < 4.78 is 2.06. The molecule has 0 radical (unpaired) electrons. The van der Waals surface area contributed by atoms with E-state index in [-0.39, 0.29) is 0 Å². The van der Waals surface area contributed by atoms with Crippen LogP contribution in [0, 0.1) is 18.3 Å². The van der Waals surface area contributed by atoms with E-state index >= 15 is 0 Å². The Kier molecular flexibility index (Phi) is 4.70. The molecule has 0 aliphatic carbocycles. The van der Waals surface area contributed by atoms with Crippen LogP contribution >= 0.6 is 11.6 Å². The molecule has 2 aromatic carbocycles. The number of nitrogens with one attached hydrogen (secondary N) is 1. The van der Waals surface area contributed by atoms with Crippen molar-refractivity contribution in [3.05, 3.63) is 76.9 Å². The van der Waals surface area contributed by atoms with Crippen LogP contribution in [0.3, 0.4) is 0 Å². The number of rotatable bonds is 5. The Hall–Kier alpha value is -3.03. The summed E-state index contributed by atoms with van der Waals surface area (Å²) in [6, 6.07) is 20.6. The van der Waals surface area contributed by atoms with E-state index in [0.29, 0.717) is 30.1 Å². The van der Waals surface area contributed by atoms with Crippen LogP contribution < -0.4 is 5.32 Å². The predicted molar refractivity (Wildman–Crippen MR) is 110 cm³/mol. The van der Waals surface area contributed by atoms with E-state index in [9.17, 15) is 5.26 Å². The number of anilines is 1. The smallest absolute Gasteiger partial charge is 0.157 e. The fraction of sp³-hybridized carbons (Fsp3) is 0.182. The van der Waals surface area contributed by atoms with Crippen LogP contribution in [0.2, 0.25) is 0 Å². The molecule has 134 valence electrons. The largest absolute Gasteiger partial charge is 0.367 e. The molecule has 4 nitrogen and oxygen atoms in total. The summed E-state index contributed by atoms with van der Waals surface area (Å²) in [6.45, 7) is 2.66. The number of pyridine rings is 1. The summed E-state index contributed by atoms with van der Waals surface area (Å²) in [5.74, 6) is 1.45. The zero-order valence-corrected chi connectivity index (χ0v) is 15.8. The molecule has 0 spiro atoms. The van der Waals surface area contributed by atoms with E-state index in [1.807, 2.05) is 49.4 Å². The van der Waals surface area contributed by atoms with Crippen molar-refractivity contribution < 1.29 is 0 Å². The van der Waals surface area contributed by atoms with Crippen LogP contribution in [0.1, 0.15) is 22.3 Å². The molecule has 0 fully saturated rings. The van der Waals surface area contributed by atoms with Crippen molar-refractivity contribution in [2.24, 2.45) is 0 Å². The van der Waals surface area contributed by atoms with Crippen molar-refractivity contribution >= 4 is 34.1 Å². The first-order valence-electron chi connectivity index (χ1n) is 8.91. The number of nitriles is 1. The topological polar surface area (TPSA) is 53.1 Å². The molecular weight excluding hydrogens is 356 g/mol. The maximum absolute atomic E-state index is 9.78. The van der Waals surface area contributed by atoms with Crippen molar-refractivity contribution in [3.8, 4) is 6.07 Å². The second-order valence-electron chi connectivity index (χ2n) is 6.48. The molecule has 0 aliphatic heterocycles. The van der Waals surface area contributed by atoms with Gasteiger partial charge in [0.05, 0.1) is 16.6 Å². The maximum Gasteiger partial charge on any atom is 0.157 e. The zero-order valence-electron chi connectivity index (χ0n) is 15.0. The number of hydrogen-bond acceptors (Lipinski definition) is 3. The van der Waals surface area contributed by atoms with Gasteiger partial charge in [0, 0.05) is 12.4 Å². The zero-order chi connectivity index (χ0) is 18.8. The Bertz CT molecular complexity index is 1160. The molecule has 0 unspecified atom stereocenters. The van der Waals surface area contributed by atoms with Gasteiger partial charge >= 0.3 is 0 Å². The van der Waals surface area contributed by atoms with Gasteiger partial charge in [-0.2, -0.15) is 5.26 Å². The monoisotopic (exact) mass is 374 g/mol. The molecule has 0 amide bonds. The van der Waals surface area contributed by atoms with Gasteiger partial charge in [0.2, 0.25) is 0 Å². The third-order valence-corrected chi connectivity index (χ3v) is 5.07. The molecule has 0 atom stereocenters. The van der Waals surface area contributed by atoms with Gasteiger partial charge in [0.1, 0.15) is 11.9 Å². The summed E-state index contributed by atoms with van der Waals surface area (Å²) in [7, 11) is 0. The van der Waals surface area contributed by atoms with E-state index in [1.165, 1.54) is 5.56 Å². The third kappa shape index (κ3) is 3.01. The summed E-state index contributed by atoms with van der Waals surface area (Å²) in [5, 5.41) is 13.4. The van der Waals surface area contributed by atoms with Crippen LogP contribution in [0.4, 0.5) is 5.82 Å². The number of imidazole rings is 1. The van der Waals surface area contributed by atoms with Crippen molar-refractivity contribution in [2.45, 2.75) is 19.9 Å². The first kappa shape index (κ1) is 17.4. The maximum atomic E-state index is 9.78. The van der Waals surface area contributed by atoms with Crippen LogP contribution in [0.25, 0.3) is 16.7 Å². The van der Waals surface area contributed by atoms with Gasteiger partial charge in [-0.25, -0.2) is 4.98 Å². The molecule has 0 saturated heterocycles. The highest BCUT2D eigenvalue weighted by Crippen LogP contribution is 2.31. The average molecular weight is 375 g/mol. The minimum Gasteiger partial charge on any atom is -0.367 e. The van der Waals surface area contributed by atoms with Crippen LogP contribution in [0.15, 0.2) is 54.6 Å². The van der Waals surface area contributed by atoms with Crippen LogP contribution in [-0.4, -0.2) is 15.3 Å². The fourth-order valence-electron chi connectivity index (χ4n) is 3.55. The molecule has 2 aromatic heterocycles. The summed E-state index contributed by atoms with van der Waals surface area (Å²) >= 11 is 6.10. The highest BCUT2D eigenvalue weighted by Gasteiger charge is 2.20. The minimum absolute atomic E-state index is 0.490.